The molecule has 0 bridgehead atoms. The summed E-state index contributed by atoms with van der Waals surface area (Å²) in [5, 5.41) is 6.86. The van der Waals surface area contributed by atoms with Gasteiger partial charge in [-0.1, -0.05) is 23.2 Å². The third kappa shape index (κ3) is 3.54. The monoisotopic (exact) mass is 448 g/mol. The largest absolute Gasteiger partial charge is 0.416 e. The van der Waals surface area contributed by atoms with Crippen LogP contribution in [0, 0.1) is 11.3 Å². The zero-order chi connectivity index (χ0) is 20.9. The van der Waals surface area contributed by atoms with Crippen molar-refractivity contribution in [3.8, 4) is 11.8 Å². The number of nitriles is 1. The van der Waals surface area contributed by atoms with Gasteiger partial charge in [-0.2, -0.15) is 32.3 Å². The summed E-state index contributed by atoms with van der Waals surface area (Å²) in [6, 6.07) is 2.20. The van der Waals surface area contributed by atoms with Gasteiger partial charge in [-0.05, 0) is 12.1 Å². The number of alkyl halides is 5. The van der Waals surface area contributed by atoms with E-state index in [-0.39, 0.29) is 6.92 Å². The van der Waals surface area contributed by atoms with Crippen molar-refractivity contribution in [2.24, 2.45) is 0 Å². The second kappa shape index (κ2) is 6.50. The first-order chi connectivity index (χ1) is 12.1. The molecule has 0 atom stereocenters. The SMILES string of the molecule is CC(F)(F)S(=O)(=O)c1c(C#N)nn(-c2c(Cl)cc(C(F)(F)F)cc2Cl)c1N. The number of aromatic nitrogens is 2. The van der Waals surface area contributed by atoms with Gasteiger partial charge in [0.1, 0.15) is 17.6 Å². The lowest BCUT2D eigenvalue weighted by molar-refractivity contribution is -0.137. The van der Waals surface area contributed by atoms with Crippen LogP contribution in [0.2, 0.25) is 10.0 Å². The molecule has 14 heteroatoms. The summed E-state index contributed by atoms with van der Waals surface area (Å²) in [6.07, 6.45) is -4.79. The molecular weight excluding hydrogens is 442 g/mol. The van der Waals surface area contributed by atoms with E-state index < -0.39 is 59.0 Å². The van der Waals surface area contributed by atoms with Crippen molar-refractivity contribution in [3.05, 3.63) is 33.4 Å². The minimum atomic E-state index is -5.42. The van der Waals surface area contributed by atoms with Crippen molar-refractivity contribution >= 4 is 38.9 Å². The van der Waals surface area contributed by atoms with Crippen molar-refractivity contribution < 1.29 is 30.4 Å². The van der Waals surface area contributed by atoms with E-state index in [1.165, 1.54) is 6.07 Å². The van der Waals surface area contributed by atoms with E-state index in [4.69, 9.17) is 34.2 Å². The summed E-state index contributed by atoms with van der Waals surface area (Å²) in [6.45, 7) is 0.0678. The van der Waals surface area contributed by atoms with Gasteiger partial charge >= 0.3 is 11.4 Å². The Bertz CT molecular complexity index is 1050. The van der Waals surface area contributed by atoms with Gasteiger partial charge < -0.3 is 5.73 Å². The maximum atomic E-state index is 13.5. The molecule has 2 N–H and O–H groups in total. The molecule has 6 nitrogen and oxygen atoms in total. The standard InChI is InChI=1S/C13H7Cl2F5N4O2S/c1-12(16,17)27(25,26)10-8(4-21)23-24(11(10)22)9-6(14)2-5(3-7(9)15)13(18,19)20/h2-3H,22H2,1H3. The van der Waals surface area contributed by atoms with E-state index >= 15 is 0 Å². The molecule has 0 aliphatic heterocycles. The van der Waals surface area contributed by atoms with Gasteiger partial charge in [0.05, 0.1) is 15.6 Å². The Balaban J connectivity index is 2.83. The number of sulfone groups is 1. The average Bonchev–Trinajstić information content (AvgIpc) is 2.81. The van der Waals surface area contributed by atoms with Crippen LogP contribution in [0.25, 0.3) is 5.69 Å². The molecule has 0 aliphatic rings. The van der Waals surface area contributed by atoms with Gasteiger partial charge in [-0.3, -0.25) is 0 Å². The van der Waals surface area contributed by atoms with Crippen molar-refractivity contribution in [2.75, 3.05) is 5.73 Å². The molecule has 1 aromatic carbocycles. The molecule has 27 heavy (non-hydrogen) atoms. The molecule has 0 amide bonds. The minimum Gasteiger partial charge on any atom is -0.382 e. The summed E-state index contributed by atoms with van der Waals surface area (Å²) >= 11 is 11.5. The normalized spacial score (nSPS) is 12.9. The third-order valence-electron chi connectivity index (χ3n) is 3.28. The molecule has 146 valence electrons. The molecule has 1 aromatic heterocycles. The highest BCUT2D eigenvalue weighted by Gasteiger charge is 2.46. The topological polar surface area (TPSA) is 102 Å². The number of nitrogens with zero attached hydrogens (tertiary/aromatic N) is 3. The van der Waals surface area contributed by atoms with Gasteiger partial charge in [0.25, 0.3) is 0 Å². The van der Waals surface area contributed by atoms with Crippen LogP contribution in [-0.2, 0) is 16.0 Å². The van der Waals surface area contributed by atoms with Crippen molar-refractivity contribution in [1.29, 1.82) is 5.26 Å². The lowest BCUT2D eigenvalue weighted by Crippen LogP contribution is -2.26. The predicted octanol–water partition coefficient (Wildman–Crippen LogP) is 4.04. The first-order valence-corrected chi connectivity index (χ1v) is 8.84. The lowest BCUT2D eigenvalue weighted by Gasteiger charge is -2.14. The number of rotatable bonds is 3. The summed E-state index contributed by atoms with van der Waals surface area (Å²) in [5.41, 5.74) is 2.82. The van der Waals surface area contributed by atoms with Crippen LogP contribution in [0.15, 0.2) is 17.0 Å². The summed E-state index contributed by atoms with van der Waals surface area (Å²) in [5.74, 6) is -0.961. The Morgan fingerprint density at radius 1 is 1.19 bits per heavy atom. The maximum absolute atomic E-state index is 13.5. The number of halogens is 7. The fourth-order valence-electron chi connectivity index (χ4n) is 2.04. The van der Waals surface area contributed by atoms with Crippen molar-refractivity contribution in [1.82, 2.24) is 9.78 Å². The fourth-order valence-corrected chi connectivity index (χ4v) is 3.74. The summed E-state index contributed by atoms with van der Waals surface area (Å²) in [4.78, 5) is -1.29. The smallest absolute Gasteiger partial charge is 0.382 e. The number of hydrogen-bond donors (Lipinski definition) is 1. The first kappa shape index (κ1) is 21.2. The molecule has 0 fully saturated rings. The van der Waals surface area contributed by atoms with E-state index in [1.807, 2.05) is 0 Å². The predicted molar refractivity (Wildman–Crippen MR) is 85.5 cm³/mol. The number of anilines is 1. The van der Waals surface area contributed by atoms with E-state index in [1.54, 1.807) is 0 Å². The van der Waals surface area contributed by atoms with Gasteiger partial charge in [0.2, 0.25) is 9.84 Å². The lowest BCUT2D eigenvalue weighted by atomic mass is 10.2. The van der Waals surface area contributed by atoms with Gasteiger partial charge in [-0.15, -0.1) is 0 Å². The molecule has 2 aromatic rings. The average molecular weight is 449 g/mol. The highest BCUT2D eigenvalue weighted by atomic mass is 35.5. The second-order valence-corrected chi connectivity index (χ2v) is 8.13. The number of nitrogens with two attached hydrogens (primary N) is 1. The molecular formula is C13H7Cl2F5N4O2S. The van der Waals surface area contributed by atoms with E-state index in [0.29, 0.717) is 16.8 Å². The van der Waals surface area contributed by atoms with Crippen LogP contribution in [0.1, 0.15) is 18.2 Å². The molecule has 0 saturated carbocycles. The van der Waals surface area contributed by atoms with E-state index in [2.05, 4.69) is 5.10 Å². The van der Waals surface area contributed by atoms with Crippen LogP contribution in [0.4, 0.5) is 27.8 Å². The third-order valence-corrected chi connectivity index (χ3v) is 5.74. The van der Waals surface area contributed by atoms with E-state index in [0.717, 1.165) is 0 Å². The van der Waals surface area contributed by atoms with Crippen LogP contribution in [0.3, 0.4) is 0 Å². The van der Waals surface area contributed by atoms with Crippen molar-refractivity contribution in [2.45, 2.75) is 23.3 Å². The van der Waals surface area contributed by atoms with Crippen molar-refractivity contribution in [3.63, 3.8) is 0 Å². The second-order valence-electron chi connectivity index (χ2n) is 5.18. The highest BCUT2D eigenvalue weighted by Crippen LogP contribution is 2.40. The summed E-state index contributed by atoms with van der Waals surface area (Å²) in [7, 11) is -5.42. The Morgan fingerprint density at radius 2 is 1.67 bits per heavy atom. The van der Waals surface area contributed by atoms with Gasteiger partial charge in [-0.25, -0.2) is 13.1 Å². The quantitative estimate of drug-likeness (QED) is 0.713. The minimum absolute atomic E-state index is 0.0678. The van der Waals surface area contributed by atoms with Gasteiger partial charge in [0, 0.05) is 6.92 Å². The zero-order valence-electron chi connectivity index (χ0n) is 12.9. The molecule has 0 spiro atoms. The Hall–Kier alpha value is -2.10. The fraction of sp³-hybridized carbons (Fsp3) is 0.231. The molecule has 1 heterocycles. The number of nitrogen functional groups attached to an aromatic ring is 1. The maximum Gasteiger partial charge on any atom is 0.416 e. The highest BCUT2D eigenvalue weighted by molar-refractivity contribution is 7.92. The molecule has 0 radical (unpaired) electrons. The Labute approximate surface area is 158 Å². The number of benzene rings is 1. The van der Waals surface area contributed by atoms with Crippen LogP contribution in [0.5, 0.6) is 0 Å². The number of hydrogen-bond acceptors (Lipinski definition) is 5. The van der Waals surface area contributed by atoms with Crippen LogP contribution in [-0.4, -0.2) is 23.5 Å². The molecule has 0 saturated heterocycles. The van der Waals surface area contributed by atoms with E-state index in [9.17, 15) is 30.4 Å². The Morgan fingerprint density at radius 3 is 2.04 bits per heavy atom. The zero-order valence-corrected chi connectivity index (χ0v) is 15.3. The molecule has 0 unspecified atom stereocenters. The van der Waals surface area contributed by atoms with Crippen LogP contribution >= 0.6 is 23.2 Å². The molecule has 2 rings (SSSR count). The van der Waals surface area contributed by atoms with Gasteiger partial charge in [0.15, 0.2) is 10.6 Å². The summed E-state index contributed by atoms with van der Waals surface area (Å²) < 4.78 is 89.8. The van der Waals surface area contributed by atoms with Crippen LogP contribution < -0.4 is 5.73 Å². The first-order valence-electron chi connectivity index (χ1n) is 6.60. The Kier molecular flexibility index (Phi) is 5.11. The molecule has 0 aliphatic carbocycles.